The third-order valence-corrected chi connectivity index (χ3v) is 19.8. The number of amides is 4. The zero-order valence-corrected chi connectivity index (χ0v) is 59.0. The Morgan fingerprint density at radius 2 is 0.461 bits per heavy atom. The number of aliphatic hydroxyl groups is 2. The van der Waals surface area contributed by atoms with E-state index < -0.39 is 234 Å². The van der Waals surface area contributed by atoms with Gasteiger partial charge in [-0.15, -0.1) is 10.1 Å². The van der Waals surface area contributed by atoms with E-state index in [1.54, 1.807) is 24.3 Å². The molecule has 0 spiro atoms. The van der Waals surface area contributed by atoms with Crippen molar-refractivity contribution in [3.8, 4) is 0 Å². The lowest BCUT2D eigenvalue weighted by Crippen LogP contribution is -2.70. The predicted molar refractivity (Wildman–Crippen MR) is 334 cm³/mol. The second-order valence-corrected chi connectivity index (χ2v) is 25.0. The lowest BCUT2D eigenvalue weighted by atomic mass is 9.94. The van der Waals surface area contributed by atoms with E-state index in [-0.39, 0.29) is 35.5 Å². The third-order valence-electron chi connectivity index (χ3n) is 19.8. The molecule has 24 heterocycles. The molecule has 2 aromatic rings. The number of aliphatic hydroxyl groups excluding tert-OH is 2. The summed E-state index contributed by atoms with van der Waals surface area (Å²) in [6.45, 7) is -3.00. The molecule has 0 aromatic heterocycles. The molecule has 2 aromatic carbocycles. The van der Waals surface area contributed by atoms with Crippen molar-refractivity contribution in [1.29, 1.82) is 0 Å². The molecule has 0 saturated carbocycles. The Kier molecular flexibility index (Phi) is 27.3. The first-order valence-corrected chi connectivity index (χ1v) is 33.2. The molecule has 24 aliphatic heterocycles. The van der Waals surface area contributed by atoms with Crippen molar-refractivity contribution in [2.24, 2.45) is 0 Å². The highest BCUT2D eigenvalue weighted by Crippen LogP contribution is 2.43. The lowest BCUT2D eigenvalue weighted by Gasteiger charge is -2.53. The fraction of sp³-hybridized carbons (Fsp3) is 0.758. The number of nitrogens with zero attached hydrogens (tertiary/aromatic N) is 2. The van der Waals surface area contributed by atoms with Gasteiger partial charge in [0.25, 0.3) is 23.6 Å². The van der Waals surface area contributed by atoms with Gasteiger partial charge >= 0.3 is 0 Å². The number of fused-ring (bicyclic) bond motifs is 2. The maximum atomic E-state index is 13.9. The number of imide groups is 2. The summed E-state index contributed by atoms with van der Waals surface area (Å²) < 4.78 is 169. The van der Waals surface area contributed by atoms with Gasteiger partial charge in [-0.05, 0) is 24.3 Å². The Bertz CT molecular complexity index is 3000. The van der Waals surface area contributed by atoms with Gasteiger partial charge in [0, 0.05) is 99.5 Å². The maximum absolute atomic E-state index is 13.9. The van der Waals surface area contributed by atoms with Crippen molar-refractivity contribution in [2.75, 3.05) is 139 Å². The van der Waals surface area contributed by atoms with Crippen LogP contribution in [0.25, 0.3) is 0 Å². The molecule has 0 unspecified atom stereocenters. The van der Waals surface area contributed by atoms with Gasteiger partial charge in [-0.25, -0.2) is 0 Å². The Labute approximate surface area is 588 Å². The first-order valence-electron chi connectivity index (χ1n) is 33.2. The molecule has 30 atom stereocenters. The summed E-state index contributed by atoms with van der Waals surface area (Å²) in [6, 6.07) is 12.4. The van der Waals surface area contributed by atoms with Crippen LogP contribution in [0.2, 0.25) is 0 Å². The van der Waals surface area contributed by atoms with Crippen molar-refractivity contribution in [3.05, 3.63) is 70.8 Å². The predicted octanol–water partition coefficient (Wildman–Crippen LogP) is -1.43. The van der Waals surface area contributed by atoms with Crippen molar-refractivity contribution in [1.82, 2.24) is 10.1 Å². The number of hydroxylamine groups is 4. The molecule has 0 radical (unpaired) electrons. The summed E-state index contributed by atoms with van der Waals surface area (Å²) >= 11 is 0. The van der Waals surface area contributed by atoms with Crippen LogP contribution in [0, 0.1) is 0 Å². The molecule has 22 fully saturated rings. The van der Waals surface area contributed by atoms with Crippen molar-refractivity contribution in [3.63, 3.8) is 0 Å². The van der Waals surface area contributed by atoms with Crippen molar-refractivity contribution >= 4 is 23.6 Å². The minimum absolute atomic E-state index is 0.0872. The average molecular weight is 1460 g/mol. The van der Waals surface area contributed by atoms with E-state index in [4.69, 9.17) is 133 Å². The zero-order chi connectivity index (χ0) is 72.8. The number of carbonyl (C=O) groups is 4. The summed E-state index contributed by atoms with van der Waals surface area (Å²) in [7, 11) is 19.6. The molecule has 0 aliphatic carbocycles. The first kappa shape index (κ1) is 78.6. The van der Waals surface area contributed by atoms with Gasteiger partial charge in [0.2, 0.25) is 0 Å². The monoisotopic (exact) mass is 1460 g/mol. The van der Waals surface area contributed by atoms with Crippen LogP contribution in [0.3, 0.4) is 0 Å². The Morgan fingerprint density at radius 3 is 0.647 bits per heavy atom. The van der Waals surface area contributed by atoms with E-state index in [2.05, 4.69) is 0 Å². The number of carbonyl (C=O) groups excluding carboxylic acids is 4. The third kappa shape index (κ3) is 15.1. The summed E-state index contributed by atoms with van der Waals surface area (Å²) in [6.07, 6.45) is -38.5. The van der Waals surface area contributed by atoms with Gasteiger partial charge in [0.1, 0.15) is 160 Å². The first-order chi connectivity index (χ1) is 49.6. The highest BCUT2D eigenvalue weighted by molar-refractivity contribution is 6.21. The van der Waals surface area contributed by atoms with E-state index in [0.29, 0.717) is 10.1 Å². The second-order valence-electron chi connectivity index (χ2n) is 25.0. The van der Waals surface area contributed by atoms with E-state index in [0.717, 1.165) is 0 Å². The zero-order valence-electron chi connectivity index (χ0n) is 59.0. The van der Waals surface area contributed by atoms with Crippen LogP contribution in [-0.4, -0.2) is 367 Å². The highest BCUT2D eigenvalue weighted by Gasteiger charge is 2.62. The fourth-order valence-corrected chi connectivity index (χ4v) is 15.0. The Hall–Kier alpha value is -4.48. The van der Waals surface area contributed by atoms with E-state index in [1.807, 2.05) is 0 Å². The van der Waals surface area contributed by atoms with Gasteiger partial charge in [-0.2, -0.15) is 0 Å². The fourth-order valence-electron chi connectivity index (χ4n) is 15.0. The Morgan fingerprint density at radius 1 is 0.275 bits per heavy atom. The number of benzene rings is 2. The number of methoxy groups -OCH3 is 14. The summed E-state index contributed by atoms with van der Waals surface area (Å²) in [5.41, 5.74) is 0.367. The minimum atomic E-state index is -1.56. The lowest BCUT2D eigenvalue weighted by molar-refractivity contribution is -0.411. The molecule has 36 nitrogen and oxygen atoms in total. The highest BCUT2D eigenvalue weighted by atomic mass is 16.8. The average Bonchev–Trinajstić information content (AvgIpc) is 1.08. The maximum Gasteiger partial charge on any atom is 0.285 e. The largest absolute Gasteiger partial charge is 0.394 e. The van der Waals surface area contributed by atoms with Gasteiger partial charge in [0.15, 0.2) is 37.7 Å². The molecule has 572 valence electrons. The van der Waals surface area contributed by atoms with Crippen LogP contribution < -0.4 is 0 Å². The van der Waals surface area contributed by atoms with Gasteiger partial charge in [0.05, 0.1) is 48.7 Å². The van der Waals surface area contributed by atoms with Gasteiger partial charge < -0.3 is 133 Å². The van der Waals surface area contributed by atoms with Gasteiger partial charge in [-0.1, -0.05) is 24.3 Å². The molecule has 102 heavy (non-hydrogen) atoms. The molecular formula is C66H94N2O34. The quantitative estimate of drug-likeness (QED) is 0.114. The normalized spacial score (nSPS) is 41.2. The summed E-state index contributed by atoms with van der Waals surface area (Å²) in [5, 5.41) is 24.0. The van der Waals surface area contributed by atoms with E-state index in [1.165, 1.54) is 124 Å². The second kappa shape index (κ2) is 35.5. The number of hydrogen-bond donors (Lipinski definition) is 2. The van der Waals surface area contributed by atoms with Crippen LogP contribution in [0.1, 0.15) is 41.4 Å². The van der Waals surface area contributed by atoms with E-state index in [9.17, 15) is 29.4 Å². The number of hydrogen-bond acceptors (Lipinski definition) is 34. The molecular weight excluding hydrogens is 1360 g/mol. The molecule has 26 rings (SSSR count). The number of ether oxygens (including phenoxy) is 26. The summed E-state index contributed by atoms with van der Waals surface area (Å²) in [5.74, 6) is -3.03. The molecule has 4 amide bonds. The smallest absolute Gasteiger partial charge is 0.285 e. The standard InChI is InChI=1S/C66H94N2O34/c1-75-25-35-41-47(79-5)53(85-11)63(93-35)97-39-33(23-69)91-61(51(83-9)45(39)77-3)101-43-37(27-89-67-57(71)29-19-15-16-20-30(29)58(67)72)95-65(55(87-13)49(43)81-7)98-40-34(24-70)92-62(52(84-10)46(40)78-4)102-44-38(28-90-68-59(73)31-21-17-18-22-32(31)60(68)74)96-66(56(88-14)50(44)82-8)100-42-36(26-76-2)94-64(99-41)54(86-12)48(42)80-6/h15-22,33-56,61-66,69-70H,23-28H2,1-14H3/t33-,34-,35-,36-,37-,38-,39-,40-,41-,42-,43-,44-,45+,46+,47+,48+,49+,50+,51-,52-,53-,54-,55-,56-,61-,62-,63-,64-,65-,66-/m1/s1. The van der Waals surface area contributed by atoms with E-state index >= 15 is 0 Å². The topological polar surface area (TPSA) is 374 Å². The molecule has 24 aliphatic rings. The van der Waals surface area contributed by atoms with Crippen molar-refractivity contribution < 1.29 is 162 Å². The van der Waals surface area contributed by atoms with Crippen LogP contribution in [0.5, 0.6) is 0 Å². The van der Waals surface area contributed by atoms with Crippen LogP contribution in [-0.2, 0) is 133 Å². The summed E-state index contributed by atoms with van der Waals surface area (Å²) in [4.78, 5) is 67.9. The SMILES string of the molecule is COC[C@H]1O[C@@H]2O[C@H]3[C@H](OC)[C@@H](OC)[C@@H](O[C@H]4[C@H](OC)[C@@H](OC)[C@@H](O[C@H]5[C@H](OC)[C@@H](OC)[C@@H](O[C@H]6[C@H](OC)[C@@H](OC)[C@@H](O[C@H]7[C@H](OC)[C@@H](OC)[C@@H](O[C@H]1[C@H](OC)[C@H]2OC)O[C@@H]7COC)O[C@@H]6CON1C(=O)c2ccccc2C1=O)O[C@@H]5CO)O[C@@H]4CON1C(=O)c2ccccc2C1=O)O[C@@H]3CO. The molecule has 22 saturated heterocycles. The van der Waals surface area contributed by atoms with Crippen LogP contribution in [0.4, 0.5) is 0 Å². The molecule has 2 N–H and O–H groups in total. The van der Waals surface area contributed by atoms with Crippen LogP contribution >= 0.6 is 0 Å². The molecule has 36 heteroatoms. The van der Waals surface area contributed by atoms with Crippen LogP contribution in [0.15, 0.2) is 48.5 Å². The van der Waals surface area contributed by atoms with Gasteiger partial charge in [-0.3, -0.25) is 28.9 Å². The minimum Gasteiger partial charge on any atom is -0.394 e. The van der Waals surface area contributed by atoms with Crippen molar-refractivity contribution in [2.45, 2.75) is 184 Å². The Balaban J connectivity index is 1.01. The molecule has 12 bridgehead atoms. The number of rotatable bonds is 24.